The van der Waals surface area contributed by atoms with Crippen LogP contribution in [0.5, 0.6) is 11.5 Å². The Balaban J connectivity index is 1.89. The van der Waals surface area contributed by atoms with E-state index in [1.165, 1.54) is 37.6 Å². The van der Waals surface area contributed by atoms with Crippen LogP contribution in [0.15, 0.2) is 49.1 Å². The third kappa shape index (κ3) is 4.65. The minimum absolute atomic E-state index is 0.0391. The van der Waals surface area contributed by atoms with Gasteiger partial charge in [0.15, 0.2) is 0 Å². The molecule has 3 rings (SSSR count). The topological polar surface area (TPSA) is 78.3 Å². The molecule has 0 atom stereocenters. The Labute approximate surface area is 164 Å². The highest BCUT2D eigenvalue weighted by Gasteiger charge is 2.31. The number of nitrogens with one attached hydrogen (secondary N) is 1. The molecule has 0 spiro atoms. The molecule has 0 unspecified atom stereocenters. The predicted octanol–water partition coefficient (Wildman–Crippen LogP) is 3.48. The van der Waals surface area contributed by atoms with Crippen LogP contribution in [0.25, 0.3) is 5.69 Å². The Hall–Kier alpha value is -3.56. The lowest BCUT2D eigenvalue weighted by Crippen LogP contribution is -2.17. The molecule has 0 saturated heterocycles. The molecule has 2 aromatic carbocycles. The summed E-state index contributed by atoms with van der Waals surface area (Å²) in [6.45, 7) is 0. The number of halogens is 3. The van der Waals surface area contributed by atoms with Crippen molar-refractivity contribution in [3.63, 3.8) is 0 Å². The van der Waals surface area contributed by atoms with Gasteiger partial charge in [-0.3, -0.25) is 4.79 Å². The van der Waals surface area contributed by atoms with Crippen molar-refractivity contribution < 1.29 is 27.4 Å². The molecule has 29 heavy (non-hydrogen) atoms. The molecular weight excluding hydrogens is 389 g/mol. The number of anilines is 1. The van der Waals surface area contributed by atoms with Crippen molar-refractivity contribution in [1.82, 2.24) is 14.8 Å². The number of nitrogens with zero attached hydrogens (tertiary/aromatic N) is 3. The zero-order valence-electron chi connectivity index (χ0n) is 15.5. The third-order valence-electron chi connectivity index (χ3n) is 4.11. The van der Waals surface area contributed by atoms with E-state index in [4.69, 9.17) is 9.47 Å². The van der Waals surface area contributed by atoms with Crippen molar-refractivity contribution in [3.8, 4) is 17.2 Å². The number of hydrogen-bond acceptors (Lipinski definition) is 5. The van der Waals surface area contributed by atoms with Crippen molar-refractivity contribution in [2.24, 2.45) is 0 Å². The van der Waals surface area contributed by atoms with Crippen LogP contribution in [0, 0.1) is 0 Å². The van der Waals surface area contributed by atoms with Crippen molar-refractivity contribution >= 4 is 11.6 Å². The van der Waals surface area contributed by atoms with Crippen LogP contribution in [0.3, 0.4) is 0 Å². The number of carbonyl (C=O) groups is 1. The van der Waals surface area contributed by atoms with Crippen LogP contribution in [-0.2, 0) is 17.4 Å². The van der Waals surface area contributed by atoms with Crippen molar-refractivity contribution in [2.75, 3.05) is 19.5 Å². The van der Waals surface area contributed by atoms with Gasteiger partial charge in [-0.1, -0.05) is 6.07 Å². The number of amides is 1. The van der Waals surface area contributed by atoms with Gasteiger partial charge >= 0.3 is 6.18 Å². The summed E-state index contributed by atoms with van der Waals surface area (Å²) in [4.78, 5) is 16.3. The van der Waals surface area contributed by atoms with Crippen molar-refractivity contribution in [3.05, 3.63) is 60.2 Å². The van der Waals surface area contributed by atoms with Crippen LogP contribution in [0.4, 0.5) is 18.9 Å². The van der Waals surface area contributed by atoms with Crippen LogP contribution in [-0.4, -0.2) is 34.9 Å². The van der Waals surface area contributed by atoms with Crippen LogP contribution in [0.1, 0.15) is 11.1 Å². The molecule has 1 heterocycles. The van der Waals surface area contributed by atoms with E-state index in [0.717, 1.165) is 12.1 Å². The van der Waals surface area contributed by atoms with Gasteiger partial charge in [0.2, 0.25) is 5.91 Å². The van der Waals surface area contributed by atoms with E-state index in [-0.39, 0.29) is 17.8 Å². The monoisotopic (exact) mass is 406 g/mol. The fourth-order valence-corrected chi connectivity index (χ4v) is 2.71. The summed E-state index contributed by atoms with van der Waals surface area (Å²) in [6.07, 6.45) is -2.10. The van der Waals surface area contributed by atoms with E-state index in [9.17, 15) is 18.0 Å². The Morgan fingerprint density at radius 1 is 1.14 bits per heavy atom. The SMILES string of the molecule is COc1ccc(CC(=O)Nc2cc(C(F)(F)F)ccc2-n2cncn2)c(OC)c1. The van der Waals surface area contributed by atoms with Gasteiger partial charge in [-0.25, -0.2) is 9.67 Å². The first-order valence-corrected chi connectivity index (χ1v) is 8.39. The lowest BCUT2D eigenvalue weighted by Gasteiger charge is -2.15. The largest absolute Gasteiger partial charge is 0.497 e. The third-order valence-corrected chi connectivity index (χ3v) is 4.11. The maximum Gasteiger partial charge on any atom is 0.416 e. The molecular formula is C19H17F3N4O3. The predicted molar refractivity (Wildman–Crippen MR) is 98.2 cm³/mol. The van der Waals surface area contributed by atoms with E-state index in [1.807, 2.05) is 0 Å². The fourth-order valence-electron chi connectivity index (χ4n) is 2.71. The van der Waals surface area contributed by atoms with E-state index < -0.39 is 17.6 Å². The zero-order valence-corrected chi connectivity index (χ0v) is 15.5. The molecule has 10 heteroatoms. The molecule has 152 valence electrons. The Kier molecular flexibility index (Phi) is 5.71. The molecule has 0 aliphatic heterocycles. The molecule has 1 N–H and O–H groups in total. The Morgan fingerprint density at radius 2 is 1.93 bits per heavy atom. The van der Waals surface area contributed by atoms with Gasteiger partial charge < -0.3 is 14.8 Å². The second-order valence-electron chi connectivity index (χ2n) is 5.97. The second kappa shape index (κ2) is 8.21. The summed E-state index contributed by atoms with van der Waals surface area (Å²) < 4.78 is 51.0. The number of methoxy groups -OCH3 is 2. The highest BCUT2D eigenvalue weighted by atomic mass is 19.4. The van der Waals surface area contributed by atoms with Gasteiger partial charge in [0.05, 0.1) is 37.6 Å². The number of alkyl halides is 3. The molecule has 0 aliphatic rings. The maximum atomic E-state index is 13.1. The number of rotatable bonds is 6. The first-order valence-electron chi connectivity index (χ1n) is 8.39. The van der Waals surface area contributed by atoms with E-state index >= 15 is 0 Å². The molecule has 0 bridgehead atoms. The number of carbonyl (C=O) groups excluding carboxylic acids is 1. The lowest BCUT2D eigenvalue weighted by molar-refractivity contribution is -0.137. The van der Waals surface area contributed by atoms with Gasteiger partial charge in [-0.15, -0.1) is 0 Å². The standard InChI is InChI=1S/C19H17F3N4O3/c1-28-14-5-3-12(17(9-14)29-2)7-18(27)25-15-8-13(19(20,21)22)4-6-16(15)26-11-23-10-24-26/h3-6,8-11H,7H2,1-2H3,(H,25,27). The molecule has 3 aromatic rings. The van der Waals surface area contributed by atoms with E-state index in [2.05, 4.69) is 15.4 Å². The molecule has 1 amide bonds. The highest BCUT2D eigenvalue weighted by Crippen LogP contribution is 2.33. The van der Waals surface area contributed by atoms with Gasteiger partial charge in [0.25, 0.3) is 0 Å². The molecule has 0 aliphatic carbocycles. The van der Waals surface area contributed by atoms with E-state index in [0.29, 0.717) is 17.1 Å². The lowest BCUT2D eigenvalue weighted by atomic mass is 10.1. The first kappa shape index (κ1) is 20.2. The number of hydrogen-bond donors (Lipinski definition) is 1. The average molecular weight is 406 g/mol. The first-order chi connectivity index (χ1) is 13.8. The van der Waals surface area contributed by atoms with Crippen LogP contribution in [0.2, 0.25) is 0 Å². The number of benzene rings is 2. The van der Waals surface area contributed by atoms with Crippen LogP contribution < -0.4 is 14.8 Å². The summed E-state index contributed by atoms with van der Waals surface area (Å²) in [7, 11) is 2.95. The quantitative estimate of drug-likeness (QED) is 0.678. The highest BCUT2D eigenvalue weighted by molar-refractivity contribution is 5.94. The summed E-state index contributed by atoms with van der Waals surface area (Å²) in [6, 6.07) is 7.94. The molecule has 0 fully saturated rings. The Bertz CT molecular complexity index is 1000. The normalized spacial score (nSPS) is 11.2. The minimum Gasteiger partial charge on any atom is -0.497 e. The smallest absolute Gasteiger partial charge is 0.416 e. The molecule has 1 aromatic heterocycles. The summed E-state index contributed by atoms with van der Waals surface area (Å²) >= 11 is 0. The Morgan fingerprint density at radius 3 is 2.55 bits per heavy atom. The average Bonchev–Trinajstić information content (AvgIpc) is 3.22. The number of ether oxygens (including phenoxy) is 2. The second-order valence-corrected chi connectivity index (χ2v) is 5.97. The molecule has 0 saturated carbocycles. The summed E-state index contributed by atoms with van der Waals surface area (Å²) in [5, 5.41) is 6.44. The van der Waals surface area contributed by atoms with Crippen molar-refractivity contribution in [1.29, 1.82) is 0 Å². The van der Waals surface area contributed by atoms with Gasteiger partial charge in [-0.05, 0) is 24.3 Å². The van der Waals surface area contributed by atoms with Crippen LogP contribution >= 0.6 is 0 Å². The minimum atomic E-state index is -4.56. The summed E-state index contributed by atoms with van der Waals surface area (Å²) in [5.74, 6) is 0.464. The van der Waals surface area contributed by atoms with Gasteiger partial charge in [0.1, 0.15) is 24.2 Å². The molecule has 0 radical (unpaired) electrons. The molecule has 7 nitrogen and oxygen atoms in total. The zero-order chi connectivity index (χ0) is 21.0. The van der Waals surface area contributed by atoms with Gasteiger partial charge in [-0.2, -0.15) is 18.3 Å². The fraction of sp³-hybridized carbons (Fsp3) is 0.211. The number of aromatic nitrogens is 3. The van der Waals surface area contributed by atoms with Crippen molar-refractivity contribution in [2.45, 2.75) is 12.6 Å². The summed E-state index contributed by atoms with van der Waals surface area (Å²) in [5.41, 5.74) is -0.118. The van der Waals surface area contributed by atoms with Gasteiger partial charge in [0, 0.05) is 11.6 Å². The maximum absolute atomic E-state index is 13.1. The van der Waals surface area contributed by atoms with E-state index in [1.54, 1.807) is 18.2 Å².